The summed E-state index contributed by atoms with van der Waals surface area (Å²) in [5, 5.41) is 0.966. The number of fused-ring (bicyclic) bond motifs is 1. The fourth-order valence-electron chi connectivity index (χ4n) is 2.23. The van der Waals surface area contributed by atoms with E-state index in [1.165, 1.54) is 12.8 Å². The Bertz CT molecular complexity index is 534. The highest BCUT2D eigenvalue weighted by atomic mass is 32.2. The summed E-state index contributed by atoms with van der Waals surface area (Å²) in [6, 6.07) is 5.75. The van der Waals surface area contributed by atoms with Gasteiger partial charge in [0.2, 0.25) is 0 Å². The fourth-order valence-corrected chi connectivity index (χ4v) is 3.15. The molecule has 18 heavy (non-hydrogen) atoms. The molecule has 2 aromatic rings. The number of aromatic amines is 1. The molecule has 3 N–H and O–H groups in total. The fraction of sp³-hybridized carbons (Fsp3) is 0.462. The van der Waals surface area contributed by atoms with Crippen LogP contribution in [0.4, 0.5) is 5.69 Å². The molecular weight excluding hydrogens is 246 g/mol. The van der Waals surface area contributed by atoms with Crippen molar-refractivity contribution in [3.63, 3.8) is 0 Å². The van der Waals surface area contributed by atoms with Crippen molar-refractivity contribution in [2.45, 2.75) is 30.5 Å². The van der Waals surface area contributed by atoms with E-state index >= 15 is 0 Å². The Labute approximate surface area is 110 Å². The minimum Gasteiger partial charge on any atom is -0.399 e. The standard InChI is InChI=1S/C13H17N3OS/c14-9-3-4-11-12(8-9)16-13(15-11)18-7-5-10-2-1-6-17-10/h3-4,8,10H,1-2,5-7,14H2,(H,15,16). The van der Waals surface area contributed by atoms with Crippen molar-refractivity contribution in [3.05, 3.63) is 18.2 Å². The van der Waals surface area contributed by atoms with Crippen LogP contribution in [0.15, 0.2) is 23.4 Å². The Morgan fingerprint density at radius 3 is 3.28 bits per heavy atom. The second-order valence-electron chi connectivity index (χ2n) is 4.59. The zero-order valence-electron chi connectivity index (χ0n) is 10.2. The maximum Gasteiger partial charge on any atom is 0.166 e. The van der Waals surface area contributed by atoms with Crippen molar-refractivity contribution in [2.24, 2.45) is 0 Å². The number of thioether (sulfide) groups is 1. The van der Waals surface area contributed by atoms with E-state index in [2.05, 4.69) is 9.97 Å². The molecule has 0 amide bonds. The van der Waals surface area contributed by atoms with Crippen LogP contribution in [0.1, 0.15) is 19.3 Å². The number of hydrogen-bond donors (Lipinski definition) is 2. The molecule has 0 aliphatic carbocycles. The zero-order valence-corrected chi connectivity index (χ0v) is 11.0. The third kappa shape index (κ3) is 2.62. The Morgan fingerprint density at radius 2 is 2.44 bits per heavy atom. The highest BCUT2D eigenvalue weighted by Crippen LogP contribution is 2.24. The van der Waals surface area contributed by atoms with Crippen LogP contribution in [-0.2, 0) is 4.74 Å². The summed E-state index contributed by atoms with van der Waals surface area (Å²) in [6.45, 7) is 0.930. The molecule has 0 bridgehead atoms. The second kappa shape index (κ2) is 5.20. The first-order valence-corrected chi connectivity index (χ1v) is 7.29. The maximum absolute atomic E-state index is 5.74. The third-order valence-corrected chi connectivity index (χ3v) is 4.09. The summed E-state index contributed by atoms with van der Waals surface area (Å²) in [7, 11) is 0. The number of rotatable bonds is 4. The molecule has 0 radical (unpaired) electrons. The van der Waals surface area contributed by atoms with Gasteiger partial charge in [0.25, 0.3) is 0 Å². The van der Waals surface area contributed by atoms with Gasteiger partial charge in [0.1, 0.15) is 0 Å². The molecule has 3 rings (SSSR count). The SMILES string of the molecule is Nc1ccc2nc(SCCC3CCCO3)[nH]c2c1. The summed E-state index contributed by atoms with van der Waals surface area (Å²) in [4.78, 5) is 7.82. The first kappa shape index (κ1) is 11.9. The molecule has 1 atom stereocenters. The molecule has 0 spiro atoms. The van der Waals surface area contributed by atoms with E-state index in [4.69, 9.17) is 10.5 Å². The monoisotopic (exact) mass is 263 g/mol. The van der Waals surface area contributed by atoms with Crippen LogP contribution >= 0.6 is 11.8 Å². The predicted octanol–water partition coefficient (Wildman–Crippen LogP) is 2.81. The van der Waals surface area contributed by atoms with Crippen LogP contribution in [0, 0.1) is 0 Å². The molecule has 96 valence electrons. The highest BCUT2D eigenvalue weighted by molar-refractivity contribution is 7.99. The number of H-pyrrole nitrogens is 1. The quantitative estimate of drug-likeness (QED) is 0.657. The number of hydrogen-bond acceptors (Lipinski definition) is 4. The van der Waals surface area contributed by atoms with Crippen molar-refractivity contribution in [3.8, 4) is 0 Å². The number of benzene rings is 1. The summed E-state index contributed by atoms with van der Waals surface area (Å²) in [5.41, 5.74) is 8.50. The highest BCUT2D eigenvalue weighted by Gasteiger charge is 2.15. The van der Waals surface area contributed by atoms with Crippen molar-refractivity contribution in [1.29, 1.82) is 0 Å². The molecule has 0 saturated carbocycles. The van der Waals surface area contributed by atoms with Crippen LogP contribution < -0.4 is 5.73 Å². The van der Waals surface area contributed by atoms with Gasteiger partial charge in [0, 0.05) is 18.0 Å². The lowest BCUT2D eigenvalue weighted by molar-refractivity contribution is 0.109. The molecule has 1 aliphatic heterocycles. The molecule has 1 aromatic carbocycles. The summed E-state index contributed by atoms with van der Waals surface area (Å²) in [5.74, 6) is 1.04. The second-order valence-corrected chi connectivity index (χ2v) is 5.67. The van der Waals surface area contributed by atoms with E-state index in [0.717, 1.165) is 40.7 Å². The van der Waals surface area contributed by atoms with Crippen molar-refractivity contribution >= 4 is 28.5 Å². The summed E-state index contributed by atoms with van der Waals surface area (Å²) >= 11 is 1.75. The van der Waals surface area contributed by atoms with Crippen LogP contribution in [0.25, 0.3) is 11.0 Å². The van der Waals surface area contributed by atoms with Gasteiger partial charge in [-0.05, 0) is 37.5 Å². The van der Waals surface area contributed by atoms with Gasteiger partial charge in [0.15, 0.2) is 5.16 Å². The summed E-state index contributed by atoms with van der Waals surface area (Å²) < 4.78 is 5.61. The van der Waals surface area contributed by atoms with Crippen molar-refractivity contribution in [1.82, 2.24) is 9.97 Å². The first-order valence-electron chi connectivity index (χ1n) is 6.31. The molecule has 1 aliphatic rings. The number of ether oxygens (including phenoxy) is 1. The Balaban J connectivity index is 1.60. The number of nitrogen functional groups attached to an aromatic ring is 1. The van der Waals surface area contributed by atoms with Crippen LogP contribution in [0.2, 0.25) is 0 Å². The molecule has 1 fully saturated rings. The topological polar surface area (TPSA) is 63.9 Å². The molecule has 5 heteroatoms. The average molecular weight is 263 g/mol. The van der Waals surface area contributed by atoms with E-state index in [9.17, 15) is 0 Å². The van der Waals surface area contributed by atoms with Gasteiger partial charge in [-0.2, -0.15) is 0 Å². The van der Waals surface area contributed by atoms with Crippen molar-refractivity contribution in [2.75, 3.05) is 18.1 Å². The van der Waals surface area contributed by atoms with E-state index in [1.807, 2.05) is 18.2 Å². The van der Waals surface area contributed by atoms with Gasteiger partial charge in [-0.15, -0.1) is 0 Å². The smallest absolute Gasteiger partial charge is 0.166 e. The van der Waals surface area contributed by atoms with Gasteiger partial charge in [-0.25, -0.2) is 4.98 Å². The first-order chi connectivity index (χ1) is 8.81. The van der Waals surface area contributed by atoms with Crippen LogP contribution in [-0.4, -0.2) is 28.4 Å². The van der Waals surface area contributed by atoms with E-state index in [-0.39, 0.29) is 0 Å². The maximum atomic E-state index is 5.74. The van der Waals surface area contributed by atoms with Gasteiger partial charge in [0.05, 0.1) is 17.1 Å². The lowest BCUT2D eigenvalue weighted by Gasteiger charge is -2.06. The largest absolute Gasteiger partial charge is 0.399 e. The van der Waals surface area contributed by atoms with Crippen molar-refractivity contribution < 1.29 is 4.74 Å². The Hall–Kier alpha value is -1.20. The number of nitrogens with one attached hydrogen (secondary N) is 1. The normalized spacial score (nSPS) is 19.7. The number of aromatic nitrogens is 2. The minimum absolute atomic E-state index is 0.456. The van der Waals surface area contributed by atoms with E-state index in [1.54, 1.807) is 11.8 Å². The number of imidazole rings is 1. The minimum atomic E-state index is 0.456. The van der Waals surface area contributed by atoms with Gasteiger partial charge in [-0.3, -0.25) is 0 Å². The number of nitrogens with zero attached hydrogens (tertiary/aromatic N) is 1. The van der Waals surface area contributed by atoms with E-state index in [0.29, 0.717) is 6.10 Å². The number of anilines is 1. The third-order valence-electron chi connectivity index (χ3n) is 3.19. The summed E-state index contributed by atoms with van der Waals surface area (Å²) in [6.07, 6.45) is 3.97. The van der Waals surface area contributed by atoms with Gasteiger partial charge < -0.3 is 15.5 Å². The molecule has 1 saturated heterocycles. The van der Waals surface area contributed by atoms with Crippen LogP contribution in [0.3, 0.4) is 0 Å². The number of nitrogens with two attached hydrogens (primary N) is 1. The average Bonchev–Trinajstić information content (AvgIpc) is 2.97. The molecule has 2 heterocycles. The Morgan fingerprint density at radius 1 is 1.50 bits per heavy atom. The van der Waals surface area contributed by atoms with E-state index < -0.39 is 0 Å². The van der Waals surface area contributed by atoms with Crippen LogP contribution in [0.5, 0.6) is 0 Å². The van der Waals surface area contributed by atoms with Gasteiger partial charge >= 0.3 is 0 Å². The molecule has 4 nitrogen and oxygen atoms in total. The Kier molecular flexibility index (Phi) is 3.43. The zero-order chi connectivity index (χ0) is 12.4. The van der Waals surface area contributed by atoms with Gasteiger partial charge in [-0.1, -0.05) is 11.8 Å². The molecular formula is C13H17N3OS. The molecule has 1 unspecified atom stereocenters. The molecule has 1 aromatic heterocycles. The predicted molar refractivity (Wildman–Crippen MR) is 74.8 cm³/mol. The lowest BCUT2D eigenvalue weighted by Crippen LogP contribution is -2.05. The lowest BCUT2D eigenvalue weighted by atomic mass is 10.2.